The fourth-order valence-electron chi connectivity index (χ4n) is 3.87. The number of pyridine rings is 1. The molecule has 198 valence electrons. The Morgan fingerprint density at radius 3 is 2.44 bits per heavy atom. The Morgan fingerprint density at radius 2 is 1.77 bits per heavy atom. The Labute approximate surface area is 232 Å². The van der Waals surface area contributed by atoms with E-state index in [0.717, 1.165) is 23.3 Å². The van der Waals surface area contributed by atoms with Crippen molar-refractivity contribution in [2.24, 2.45) is 0 Å². The summed E-state index contributed by atoms with van der Waals surface area (Å²) in [5.41, 5.74) is 2.10. The highest BCUT2D eigenvalue weighted by Gasteiger charge is 2.31. The van der Waals surface area contributed by atoms with Gasteiger partial charge in [-0.25, -0.2) is 0 Å². The number of benzene rings is 3. The molecule has 0 amide bonds. The lowest BCUT2D eigenvalue weighted by Gasteiger charge is -2.21. The highest BCUT2D eigenvalue weighted by molar-refractivity contribution is 9.10. The Bertz CT molecular complexity index is 1470. The first-order valence-electron chi connectivity index (χ1n) is 11.9. The second-order valence-corrected chi connectivity index (χ2v) is 9.52. The molecule has 4 rings (SSSR count). The number of esters is 1. The SMILES string of the molecule is N#Cc1ccc(C(Cc2ccc(C(F)(F)F)cc2Br)OC(=O)Cc2ccccc2)cc1OCc1cccnc1. The fraction of sp³-hybridized carbons (Fsp3) is 0.167. The first kappa shape index (κ1) is 27.9. The van der Waals surface area contributed by atoms with Crippen molar-refractivity contribution in [2.75, 3.05) is 0 Å². The number of hydrogen-bond acceptors (Lipinski definition) is 5. The Balaban J connectivity index is 1.63. The van der Waals surface area contributed by atoms with Gasteiger partial charge in [-0.2, -0.15) is 18.4 Å². The molecule has 0 radical (unpaired) electrons. The summed E-state index contributed by atoms with van der Waals surface area (Å²) in [6.45, 7) is 0.162. The Kier molecular flexibility index (Phi) is 8.99. The summed E-state index contributed by atoms with van der Waals surface area (Å²) in [4.78, 5) is 17.0. The smallest absolute Gasteiger partial charge is 0.416 e. The van der Waals surface area contributed by atoms with E-state index in [0.29, 0.717) is 11.1 Å². The monoisotopic (exact) mass is 594 g/mol. The number of alkyl halides is 3. The largest absolute Gasteiger partial charge is 0.487 e. The number of halogens is 4. The molecule has 1 heterocycles. The van der Waals surface area contributed by atoms with Crippen molar-refractivity contribution in [2.45, 2.75) is 31.7 Å². The summed E-state index contributed by atoms with van der Waals surface area (Å²) in [6.07, 6.45) is -1.96. The van der Waals surface area contributed by atoms with Crippen molar-refractivity contribution in [1.29, 1.82) is 5.26 Å². The van der Waals surface area contributed by atoms with Crippen LogP contribution in [0.25, 0.3) is 0 Å². The van der Waals surface area contributed by atoms with Gasteiger partial charge >= 0.3 is 12.1 Å². The molecule has 0 bridgehead atoms. The van der Waals surface area contributed by atoms with E-state index in [1.54, 1.807) is 48.8 Å². The predicted molar refractivity (Wildman–Crippen MR) is 142 cm³/mol. The van der Waals surface area contributed by atoms with Crippen LogP contribution >= 0.6 is 15.9 Å². The van der Waals surface area contributed by atoms with Gasteiger partial charge in [0.1, 0.15) is 24.5 Å². The summed E-state index contributed by atoms with van der Waals surface area (Å²) < 4.78 is 51.5. The van der Waals surface area contributed by atoms with E-state index in [2.05, 4.69) is 27.0 Å². The predicted octanol–water partition coefficient (Wildman–Crippen LogP) is 7.38. The third kappa shape index (κ3) is 7.68. The summed E-state index contributed by atoms with van der Waals surface area (Å²) >= 11 is 3.23. The van der Waals surface area contributed by atoms with Gasteiger partial charge in [0.05, 0.1) is 17.5 Å². The molecule has 0 saturated heterocycles. The summed E-state index contributed by atoms with van der Waals surface area (Å²) in [5.74, 6) is -0.217. The van der Waals surface area contributed by atoms with Crippen LogP contribution in [0.1, 0.15) is 39.5 Å². The van der Waals surface area contributed by atoms with Crippen molar-refractivity contribution in [1.82, 2.24) is 4.98 Å². The van der Waals surface area contributed by atoms with Crippen LogP contribution in [0, 0.1) is 11.3 Å². The normalized spacial score (nSPS) is 11.9. The third-order valence-electron chi connectivity index (χ3n) is 5.87. The van der Waals surface area contributed by atoms with Gasteiger partial charge in [-0.1, -0.05) is 64.5 Å². The average molecular weight is 595 g/mol. The lowest BCUT2D eigenvalue weighted by molar-refractivity contribution is -0.148. The molecule has 0 spiro atoms. The molecule has 0 aliphatic heterocycles. The Morgan fingerprint density at radius 1 is 1.00 bits per heavy atom. The lowest BCUT2D eigenvalue weighted by atomic mass is 9.98. The van der Waals surface area contributed by atoms with Crippen molar-refractivity contribution < 1.29 is 27.4 Å². The number of ether oxygens (including phenoxy) is 2. The van der Waals surface area contributed by atoms with Crippen LogP contribution in [0.3, 0.4) is 0 Å². The molecular weight excluding hydrogens is 573 g/mol. The molecule has 0 fully saturated rings. The zero-order chi connectivity index (χ0) is 27.8. The van der Waals surface area contributed by atoms with Gasteiger partial charge in [0.25, 0.3) is 0 Å². The second kappa shape index (κ2) is 12.6. The van der Waals surface area contributed by atoms with E-state index < -0.39 is 23.8 Å². The molecule has 0 aliphatic carbocycles. The van der Waals surface area contributed by atoms with Gasteiger partial charge in [-0.15, -0.1) is 0 Å². The standard InChI is InChI=1S/C30H22BrF3N2O3/c31-26-16-25(30(32,33)34)11-10-22(26)14-28(39-29(37)13-20-5-2-1-3-6-20)23-8-9-24(17-35)27(15-23)38-19-21-7-4-12-36-18-21/h1-12,15-16,18,28H,13-14,19H2. The number of nitrogens with zero attached hydrogens (tertiary/aromatic N) is 2. The number of rotatable bonds is 9. The fourth-order valence-corrected chi connectivity index (χ4v) is 4.42. The number of carbonyl (C=O) groups is 1. The summed E-state index contributed by atoms with van der Waals surface area (Å²) in [7, 11) is 0. The summed E-state index contributed by atoms with van der Waals surface area (Å²) in [6, 6.07) is 22.9. The maximum atomic E-state index is 13.2. The van der Waals surface area contributed by atoms with Gasteiger partial charge in [-0.05, 0) is 47.0 Å². The zero-order valence-electron chi connectivity index (χ0n) is 20.5. The number of nitriles is 1. The minimum absolute atomic E-state index is 0.0200. The van der Waals surface area contributed by atoms with Crippen molar-refractivity contribution >= 4 is 21.9 Å². The molecule has 4 aromatic rings. The average Bonchev–Trinajstić information content (AvgIpc) is 2.93. The minimum atomic E-state index is -4.49. The number of aromatic nitrogens is 1. The Hall–Kier alpha value is -4.16. The van der Waals surface area contributed by atoms with E-state index >= 15 is 0 Å². The van der Waals surface area contributed by atoms with E-state index in [9.17, 15) is 23.2 Å². The first-order valence-corrected chi connectivity index (χ1v) is 12.7. The van der Waals surface area contributed by atoms with Crippen molar-refractivity contribution in [3.05, 3.63) is 129 Å². The maximum absolute atomic E-state index is 13.2. The first-order chi connectivity index (χ1) is 18.7. The molecule has 1 unspecified atom stereocenters. The minimum Gasteiger partial charge on any atom is -0.487 e. The second-order valence-electron chi connectivity index (χ2n) is 8.67. The van der Waals surface area contributed by atoms with E-state index in [1.807, 2.05) is 24.3 Å². The van der Waals surface area contributed by atoms with Gasteiger partial charge in [-0.3, -0.25) is 9.78 Å². The number of carbonyl (C=O) groups excluding carboxylic acids is 1. The zero-order valence-corrected chi connectivity index (χ0v) is 22.1. The van der Waals surface area contributed by atoms with Crippen molar-refractivity contribution in [3.63, 3.8) is 0 Å². The molecule has 5 nitrogen and oxygen atoms in total. The van der Waals surface area contributed by atoms with E-state index in [-0.39, 0.29) is 35.2 Å². The highest BCUT2D eigenvalue weighted by Crippen LogP contribution is 2.35. The molecule has 1 atom stereocenters. The van der Waals surface area contributed by atoms with Gasteiger partial charge in [0.15, 0.2) is 0 Å². The number of hydrogen-bond donors (Lipinski definition) is 0. The van der Waals surface area contributed by atoms with Crippen molar-refractivity contribution in [3.8, 4) is 11.8 Å². The molecule has 1 aromatic heterocycles. The van der Waals surface area contributed by atoms with Crippen LogP contribution in [-0.2, 0) is 35.2 Å². The maximum Gasteiger partial charge on any atom is 0.416 e. The molecule has 0 N–H and O–H groups in total. The van der Waals surface area contributed by atoms with Crippen LogP contribution in [-0.4, -0.2) is 11.0 Å². The van der Waals surface area contributed by atoms with Gasteiger partial charge in [0.2, 0.25) is 0 Å². The van der Waals surface area contributed by atoms with Gasteiger partial charge < -0.3 is 9.47 Å². The topological polar surface area (TPSA) is 72.2 Å². The molecule has 0 saturated carbocycles. The van der Waals surface area contributed by atoms with Crippen LogP contribution in [0.5, 0.6) is 5.75 Å². The summed E-state index contributed by atoms with van der Waals surface area (Å²) in [5, 5.41) is 9.59. The third-order valence-corrected chi connectivity index (χ3v) is 6.60. The van der Waals surface area contributed by atoms with Crippen LogP contribution < -0.4 is 4.74 Å². The van der Waals surface area contributed by atoms with E-state index in [4.69, 9.17) is 9.47 Å². The van der Waals surface area contributed by atoms with Crippen LogP contribution in [0.15, 0.2) is 95.7 Å². The quantitative estimate of drug-likeness (QED) is 0.189. The highest BCUT2D eigenvalue weighted by atomic mass is 79.9. The molecule has 3 aromatic carbocycles. The molecular formula is C30H22BrF3N2O3. The van der Waals surface area contributed by atoms with Gasteiger partial charge in [0, 0.05) is 28.9 Å². The molecule has 9 heteroatoms. The van der Waals surface area contributed by atoms with E-state index in [1.165, 1.54) is 6.07 Å². The van der Waals surface area contributed by atoms with Crippen LogP contribution in [0.4, 0.5) is 13.2 Å². The molecule has 0 aliphatic rings. The van der Waals surface area contributed by atoms with Crippen LogP contribution in [0.2, 0.25) is 0 Å². The molecule has 39 heavy (non-hydrogen) atoms. The lowest BCUT2D eigenvalue weighted by Crippen LogP contribution is -2.16.